The van der Waals surface area contributed by atoms with Gasteiger partial charge < -0.3 is 10.2 Å². The van der Waals surface area contributed by atoms with E-state index in [1.807, 2.05) is 17.0 Å². The summed E-state index contributed by atoms with van der Waals surface area (Å²) in [6.45, 7) is 7.44. The van der Waals surface area contributed by atoms with E-state index in [-0.39, 0.29) is 17.7 Å². The minimum atomic E-state index is 0.153. The van der Waals surface area contributed by atoms with Gasteiger partial charge in [-0.1, -0.05) is 25.5 Å². The molecule has 1 N–H and O–H groups in total. The van der Waals surface area contributed by atoms with Gasteiger partial charge in [0.05, 0.1) is 0 Å². The van der Waals surface area contributed by atoms with E-state index in [0.717, 1.165) is 83.4 Å². The molecular weight excluding hydrogens is 350 g/mol. The van der Waals surface area contributed by atoms with Crippen LogP contribution in [-0.2, 0) is 11.3 Å². The Morgan fingerprint density at radius 1 is 1.07 bits per heavy atom. The van der Waals surface area contributed by atoms with Crippen LogP contribution in [0.2, 0.25) is 0 Å². The Hall–Kier alpha value is -1.88. The maximum absolute atomic E-state index is 12.7. The molecule has 5 heteroatoms. The summed E-state index contributed by atoms with van der Waals surface area (Å²) in [4.78, 5) is 29.4. The molecule has 3 rings (SSSR count). The zero-order chi connectivity index (χ0) is 19.8. The highest BCUT2D eigenvalue weighted by Crippen LogP contribution is 2.20. The van der Waals surface area contributed by atoms with Gasteiger partial charge in [-0.05, 0) is 69.3 Å². The molecule has 1 aromatic rings. The zero-order valence-corrected chi connectivity index (χ0v) is 17.3. The number of rotatable bonds is 7. The number of carbonyl (C=O) groups is 2. The molecule has 2 saturated heterocycles. The third kappa shape index (κ3) is 5.81. The topological polar surface area (TPSA) is 52.7 Å². The number of amides is 2. The number of hydrogen-bond donors (Lipinski definition) is 1. The largest absolute Gasteiger partial charge is 0.356 e. The molecule has 2 fully saturated rings. The van der Waals surface area contributed by atoms with Crippen LogP contribution in [0.25, 0.3) is 0 Å². The Bertz CT molecular complexity index is 647. The summed E-state index contributed by atoms with van der Waals surface area (Å²) >= 11 is 0. The molecule has 2 heterocycles. The minimum Gasteiger partial charge on any atom is -0.356 e. The van der Waals surface area contributed by atoms with E-state index in [1.165, 1.54) is 12.0 Å². The molecule has 2 aliphatic heterocycles. The van der Waals surface area contributed by atoms with E-state index < -0.39 is 0 Å². The molecule has 0 atom stereocenters. The number of piperidine rings is 2. The molecule has 2 amide bonds. The second-order valence-electron chi connectivity index (χ2n) is 8.25. The van der Waals surface area contributed by atoms with Gasteiger partial charge in [0.15, 0.2) is 0 Å². The van der Waals surface area contributed by atoms with E-state index in [4.69, 9.17) is 0 Å². The van der Waals surface area contributed by atoms with Crippen LogP contribution in [0.4, 0.5) is 0 Å². The van der Waals surface area contributed by atoms with Gasteiger partial charge in [0.1, 0.15) is 0 Å². The van der Waals surface area contributed by atoms with E-state index >= 15 is 0 Å². The van der Waals surface area contributed by atoms with E-state index in [0.29, 0.717) is 0 Å². The van der Waals surface area contributed by atoms with Gasteiger partial charge in [-0.15, -0.1) is 0 Å². The Morgan fingerprint density at radius 3 is 2.54 bits per heavy atom. The predicted molar refractivity (Wildman–Crippen MR) is 112 cm³/mol. The summed E-state index contributed by atoms with van der Waals surface area (Å²) < 4.78 is 0. The predicted octanol–water partition coefficient (Wildman–Crippen LogP) is 3.44. The van der Waals surface area contributed by atoms with Crippen molar-refractivity contribution in [2.45, 2.75) is 58.4 Å². The third-order valence-electron chi connectivity index (χ3n) is 6.01. The molecule has 0 bridgehead atoms. The highest BCUT2D eigenvalue weighted by molar-refractivity contribution is 5.94. The molecule has 0 aliphatic carbocycles. The lowest BCUT2D eigenvalue weighted by Crippen LogP contribution is -2.40. The average molecular weight is 386 g/mol. The van der Waals surface area contributed by atoms with Crippen molar-refractivity contribution in [2.24, 2.45) is 5.92 Å². The van der Waals surface area contributed by atoms with Gasteiger partial charge in [0.25, 0.3) is 5.91 Å². The Kier molecular flexibility index (Phi) is 7.90. The van der Waals surface area contributed by atoms with Crippen LogP contribution >= 0.6 is 0 Å². The van der Waals surface area contributed by atoms with Crippen molar-refractivity contribution in [3.63, 3.8) is 0 Å². The summed E-state index contributed by atoms with van der Waals surface area (Å²) in [5, 5.41) is 3.07. The summed E-state index contributed by atoms with van der Waals surface area (Å²) in [6, 6.07) is 8.10. The number of likely N-dealkylation sites (tertiary alicyclic amines) is 2. The standard InChI is InChI=1S/C23H35N3O2/c1-2-3-12-24-22(27)20-10-15-25(16-11-20)18-19-8-7-9-21(17-19)23(28)26-13-5-4-6-14-26/h7-9,17,20H,2-6,10-16,18H2,1H3,(H,24,27). The summed E-state index contributed by atoms with van der Waals surface area (Å²) in [6.07, 6.45) is 7.47. The molecule has 0 radical (unpaired) electrons. The van der Waals surface area contributed by atoms with Crippen LogP contribution in [0, 0.1) is 5.92 Å². The van der Waals surface area contributed by atoms with Crippen LogP contribution in [0.1, 0.15) is 67.8 Å². The number of nitrogens with zero attached hydrogens (tertiary/aromatic N) is 2. The number of hydrogen-bond acceptors (Lipinski definition) is 3. The van der Waals surface area contributed by atoms with Crippen LogP contribution in [0.5, 0.6) is 0 Å². The lowest BCUT2D eigenvalue weighted by atomic mass is 9.95. The van der Waals surface area contributed by atoms with Crippen LogP contribution < -0.4 is 5.32 Å². The van der Waals surface area contributed by atoms with Crippen LogP contribution in [0.3, 0.4) is 0 Å². The average Bonchev–Trinajstić information content (AvgIpc) is 2.74. The second kappa shape index (κ2) is 10.6. The van der Waals surface area contributed by atoms with Crippen molar-refractivity contribution in [3.8, 4) is 0 Å². The highest BCUT2D eigenvalue weighted by atomic mass is 16.2. The Labute approximate surface area is 169 Å². The van der Waals surface area contributed by atoms with Crippen molar-refractivity contribution in [1.29, 1.82) is 0 Å². The van der Waals surface area contributed by atoms with Gasteiger partial charge in [-0.2, -0.15) is 0 Å². The lowest BCUT2D eigenvalue weighted by Gasteiger charge is -2.31. The van der Waals surface area contributed by atoms with Crippen molar-refractivity contribution in [2.75, 3.05) is 32.7 Å². The fourth-order valence-electron chi connectivity index (χ4n) is 4.23. The quantitative estimate of drug-likeness (QED) is 0.732. The molecule has 0 unspecified atom stereocenters. The van der Waals surface area contributed by atoms with Crippen molar-refractivity contribution in [3.05, 3.63) is 35.4 Å². The normalized spacial score (nSPS) is 18.8. The molecule has 154 valence electrons. The molecule has 0 saturated carbocycles. The summed E-state index contributed by atoms with van der Waals surface area (Å²) in [7, 11) is 0. The maximum atomic E-state index is 12.7. The molecule has 28 heavy (non-hydrogen) atoms. The first kappa shape index (κ1) is 20.8. The van der Waals surface area contributed by atoms with Crippen molar-refractivity contribution < 1.29 is 9.59 Å². The fraction of sp³-hybridized carbons (Fsp3) is 0.652. The first-order valence-corrected chi connectivity index (χ1v) is 11.1. The molecule has 0 aromatic heterocycles. The molecule has 5 nitrogen and oxygen atoms in total. The minimum absolute atomic E-state index is 0.153. The number of carbonyl (C=O) groups excluding carboxylic acids is 2. The molecular formula is C23H35N3O2. The molecule has 0 spiro atoms. The monoisotopic (exact) mass is 385 g/mol. The molecule has 1 aromatic carbocycles. The Balaban J connectivity index is 1.48. The maximum Gasteiger partial charge on any atom is 0.253 e. The Morgan fingerprint density at radius 2 is 1.82 bits per heavy atom. The number of benzene rings is 1. The van der Waals surface area contributed by atoms with Crippen LogP contribution in [0.15, 0.2) is 24.3 Å². The van der Waals surface area contributed by atoms with Crippen molar-refractivity contribution in [1.82, 2.24) is 15.1 Å². The van der Waals surface area contributed by atoms with Gasteiger partial charge in [0.2, 0.25) is 5.91 Å². The first-order valence-electron chi connectivity index (χ1n) is 11.1. The van der Waals surface area contributed by atoms with Gasteiger partial charge >= 0.3 is 0 Å². The SMILES string of the molecule is CCCCNC(=O)C1CCN(Cc2cccc(C(=O)N3CCCCC3)c2)CC1. The van der Waals surface area contributed by atoms with Gasteiger partial charge in [-0.25, -0.2) is 0 Å². The summed E-state index contributed by atoms with van der Waals surface area (Å²) in [5.74, 6) is 0.548. The molecule has 2 aliphatic rings. The summed E-state index contributed by atoms with van der Waals surface area (Å²) in [5.41, 5.74) is 2.00. The third-order valence-corrected chi connectivity index (χ3v) is 6.01. The van der Waals surface area contributed by atoms with E-state index in [2.05, 4.69) is 29.3 Å². The fourth-order valence-corrected chi connectivity index (χ4v) is 4.23. The highest BCUT2D eigenvalue weighted by Gasteiger charge is 2.25. The lowest BCUT2D eigenvalue weighted by molar-refractivity contribution is -0.126. The van der Waals surface area contributed by atoms with Crippen LogP contribution in [-0.4, -0.2) is 54.3 Å². The zero-order valence-electron chi connectivity index (χ0n) is 17.3. The second-order valence-corrected chi connectivity index (χ2v) is 8.25. The van der Waals surface area contributed by atoms with Crippen molar-refractivity contribution >= 4 is 11.8 Å². The first-order chi connectivity index (χ1) is 13.7. The number of unbranched alkanes of at least 4 members (excludes halogenated alkanes) is 1. The van der Waals surface area contributed by atoms with Gasteiger partial charge in [-0.3, -0.25) is 14.5 Å². The van der Waals surface area contributed by atoms with E-state index in [1.54, 1.807) is 0 Å². The van der Waals surface area contributed by atoms with Gasteiger partial charge in [0, 0.05) is 37.7 Å². The number of nitrogens with one attached hydrogen (secondary N) is 1. The van der Waals surface area contributed by atoms with E-state index in [9.17, 15) is 9.59 Å². The smallest absolute Gasteiger partial charge is 0.253 e.